The molecule has 1 aliphatic heterocycles. The molecule has 0 spiro atoms. The van der Waals surface area contributed by atoms with Crippen molar-refractivity contribution in [2.45, 2.75) is 63.8 Å². The lowest BCUT2D eigenvalue weighted by molar-refractivity contribution is -0.149. The Kier molecular flexibility index (Phi) is 8.18. The summed E-state index contributed by atoms with van der Waals surface area (Å²) in [5, 5.41) is 3.29. The van der Waals surface area contributed by atoms with Crippen LogP contribution in [0.2, 0.25) is 5.02 Å². The minimum absolute atomic E-state index is 0.0354. The molecule has 1 saturated carbocycles. The van der Waals surface area contributed by atoms with Crippen molar-refractivity contribution < 1.29 is 32.3 Å². The summed E-state index contributed by atoms with van der Waals surface area (Å²) in [4.78, 5) is 39.2. The molecule has 0 bridgehead atoms. The normalized spacial score (nSPS) is 18.3. The van der Waals surface area contributed by atoms with Crippen molar-refractivity contribution in [3.8, 4) is 0 Å². The number of esters is 1. The van der Waals surface area contributed by atoms with E-state index in [0.29, 0.717) is 29.8 Å². The number of benzene rings is 2. The molecule has 1 heterocycles. The lowest BCUT2D eigenvalue weighted by atomic mass is 10.1. The van der Waals surface area contributed by atoms with Crippen LogP contribution < -0.4 is 5.32 Å². The van der Waals surface area contributed by atoms with Crippen LogP contribution >= 0.6 is 11.6 Å². The number of hydrogen-bond acceptors (Lipinski definition) is 4. The fourth-order valence-electron chi connectivity index (χ4n) is 4.33. The third-order valence-corrected chi connectivity index (χ3v) is 6.71. The number of nitrogens with zero attached hydrogens (tertiary/aromatic N) is 1. The maximum atomic E-state index is 14.1. The molecule has 0 unspecified atom stereocenters. The molecule has 4 rings (SSSR count). The van der Waals surface area contributed by atoms with Crippen molar-refractivity contribution in [3.63, 3.8) is 0 Å². The smallest absolute Gasteiger partial charge is 0.328 e. The summed E-state index contributed by atoms with van der Waals surface area (Å²) < 4.78 is 46.7. The molecule has 2 fully saturated rings. The highest BCUT2D eigenvalue weighted by atomic mass is 35.5. The Bertz CT molecular complexity index is 1140. The Morgan fingerprint density at radius 1 is 1.11 bits per heavy atom. The number of carbonyl (C=O) groups is 3. The van der Waals surface area contributed by atoms with Crippen LogP contribution in [0.4, 0.5) is 13.2 Å². The van der Waals surface area contributed by atoms with Gasteiger partial charge in [0.1, 0.15) is 18.5 Å². The van der Waals surface area contributed by atoms with E-state index in [4.69, 9.17) is 16.3 Å². The first-order valence-electron chi connectivity index (χ1n) is 11.8. The maximum Gasteiger partial charge on any atom is 0.328 e. The van der Waals surface area contributed by atoms with Gasteiger partial charge in [0.25, 0.3) is 0 Å². The number of carbonyl (C=O) groups excluding carboxylic acids is 3. The lowest BCUT2D eigenvalue weighted by Crippen LogP contribution is -2.44. The first kappa shape index (κ1) is 26.0. The van der Waals surface area contributed by atoms with E-state index in [1.807, 2.05) is 0 Å². The number of ether oxygens (including phenoxy) is 1. The molecule has 192 valence electrons. The topological polar surface area (TPSA) is 75.7 Å². The van der Waals surface area contributed by atoms with E-state index in [2.05, 4.69) is 5.32 Å². The minimum atomic E-state index is -1.34. The molecule has 2 atom stereocenters. The van der Waals surface area contributed by atoms with E-state index < -0.39 is 41.4 Å². The Morgan fingerprint density at radius 2 is 1.83 bits per heavy atom. The first-order valence-corrected chi connectivity index (χ1v) is 12.2. The molecule has 0 radical (unpaired) electrons. The number of nitrogens with one attached hydrogen (secondary N) is 1. The summed E-state index contributed by atoms with van der Waals surface area (Å²) in [6, 6.07) is 6.70. The molecule has 10 heteroatoms. The second-order valence-electron chi connectivity index (χ2n) is 9.31. The first-order chi connectivity index (χ1) is 17.2. The second-order valence-corrected chi connectivity index (χ2v) is 9.75. The highest BCUT2D eigenvalue weighted by Crippen LogP contribution is 2.34. The molecular formula is C26H26ClF3N2O4. The van der Waals surface area contributed by atoms with E-state index in [0.717, 1.165) is 24.5 Å². The van der Waals surface area contributed by atoms with Gasteiger partial charge in [0.15, 0.2) is 11.6 Å². The average Bonchev–Trinajstić information content (AvgIpc) is 3.60. The van der Waals surface area contributed by atoms with Gasteiger partial charge in [0, 0.05) is 42.1 Å². The molecule has 1 aliphatic carbocycles. The zero-order chi connectivity index (χ0) is 25.8. The predicted molar refractivity (Wildman–Crippen MR) is 125 cm³/mol. The van der Waals surface area contributed by atoms with Gasteiger partial charge >= 0.3 is 5.97 Å². The Morgan fingerprint density at radius 3 is 2.53 bits per heavy atom. The predicted octanol–water partition coefficient (Wildman–Crippen LogP) is 4.67. The van der Waals surface area contributed by atoms with Gasteiger partial charge in [0.05, 0.1) is 0 Å². The van der Waals surface area contributed by atoms with E-state index in [-0.39, 0.29) is 37.5 Å². The van der Waals surface area contributed by atoms with Crippen molar-refractivity contribution in [2.24, 2.45) is 5.92 Å². The molecule has 2 aromatic carbocycles. The Hall–Kier alpha value is -3.07. The Balaban J connectivity index is 1.36. The largest absolute Gasteiger partial charge is 0.459 e. The van der Waals surface area contributed by atoms with Gasteiger partial charge in [-0.15, -0.1) is 0 Å². The van der Waals surface area contributed by atoms with Crippen molar-refractivity contribution in [1.82, 2.24) is 10.2 Å². The van der Waals surface area contributed by atoms with E-state index in [1.54, 1.807) is 24.3 Å². The molecule has 36 heavy (non-hydrogen) atoms. The number of likely N-dealkylation sites (tertiary alicyclic amines) is 1. The van der Waals surface area contributed by atoms with Crippen LogP contribution in [0.15, 0.2) is 36.4 Å². The van der Waals surface area contributed by atoms with E-state index >= 15 is 0 Å². The molecule has 2 aromatic rings. The van der Waals surface area contributed by atoms with Gasteiger partial charge in [-0.05, 0) is 42.5 Å². The van der Waals surface area contributed by atoms with Gasteiger partial charge in [-0.1, -0.05) is 36.6 Å². The zero-order valence-electron chi connectivity index (χ0n) is 19.4. The molecule has 0 aromatic heterocycles. The van der Waals surface area contributed by atoms with Crippen molar-refractivity contribution in [1.29, 1.82) is 0 Å². The van der Waals surface area contributed by atoms with E-state index in [9.17, 15) is 27.6 Å². The monoisotopic (exact) mass is 522 g/mol. The third-order valence-electron chi connectivity index (χ3n) is 6.46. The number of hydrogen-bond donors (Lipinski definition) is 1. The summed E-state index contributed by atoms with van der Waals surface area (Å²) in [7, 11) is 0. The van der Waals surface area contributed by atoms with Crippen LogP contribution in [0.1, 0.15) is 49.7 Å². The molecule has 6 nitrogen and oxygen atoms in total. The fourth-order valence-corrected chi connectivity index (χ4v) is 4.46. The van der Waals surface area contributed by atoms with E-state index in [1.165, 1.54) is 4.90 Å². The van der Waals surface area contributed by atoms with Crippen molar-refractivity contribution in [3.05, 3.63) is 70.0 Å². The quantitative estimate of drug-likeness (QED) is 0.363. The standard InChI is InChI=1S/C26H26ClF3N2O4/c27-18-5-3-16(4-6-18)14-36-26(35)22(9-15-1-2-15)31-23(33)12-20-7-8-24(34)32(20)13-17-10-19(28)11-21(29)25(17)30/h3-6,10-11,15,20,22H,1-2,7-9,12-14H2,(H,31,33)/t20-,22-/m0/s1. The molecule has 2 aliphatic rings. The van der Waals surface area contributed by atoms with Crippen molar-refractivity contribution >= 4 is 29.4 Å². The van der Waals surface area contributed by atoms with Gasteiger partial charge in [-0.25, -0.2) is 18.0 Å². The van der Waals surface area contributed by atoms with Crippen LogP contribution in [0.25, 0.3) is 0 Å². The summed E-state index contributed by atoms with van der Waals surface area (Å²) in [5.74, 6) is -4.55. The fraction of sp³-hybridized carbons (Fsp3) is 0.423. The van der Waals surface area contributed by atoms with Crippen molar-refractivity contribution in [2.75, 3.05) is 0 Å². The Labute approximate surface area is 211 Å². The summed E-state index contributed by atoms with van der Waals surface area (Å²) >= 11 is 5.87. The summed E-state index contributed by atoms with van der Waals surface area (Å²) in [5.41, 5.74) is 0.455. The minimum Gasteiger partial charge on any atom is -0.459 e. The summed E-state index contributed by atoms with van der Waals surface area (Å²) in [6.07, 6.45) is 2.73. The third kappa shape index (κ3) is 6.78. The number of amides is 2. The molecule has 1 saturated heterocycles. The van der Waals surface area contributed by atoms with Crippen LogP contribution in [-0.2, 0) is 32.3 Å². The average molecular weight is 523 g/mol. The van der Waals surface area contributed by atoms with Gasteiger partial charge in [-0.3, -0.25) is 9.59 Å². The summed E-state index contributed by atoms with van der Waals surface area (Å²) in [6.45, 7) is -0.320. The lowest BCUT2D eigenvalue weighted by Gasteiger charge is -2.26. The second kappa shape index (κ2) is 11.3. The van der Waals surface area contributed by atoms with Gasteiger partial charge in [0.2, 0.25) is 11.8 Å². The van der Waals surface area contributed by atoms with Crippen LogP contribution in [0.5, 0.6) is 0 Å². The van der Waals surface area contributed by atoms with Gasteiger partial charge in [-0.2, -0.15) is 0 Å². The zero-order valence-corrected chi connectivity index (χ0v) is 20.2. The van der Waals surface area contributed by atoms with Crippen LogP contribution in [0, 0.1) is 23.4 Å². The molecule has 2 amide bonds. The van der Waals surface area contributed by atoms with Gasteiger partial charge < -0.3 is 15.0 Å². The number of rotatable bonds is 10. The molecule has 1 N–H and O–H groups in total. The molecular weight excluding hydrogens is 497 g/mol. The highest BCUT2D eigenvalue weighted by Gasteiger charge is 2.36. The van der Waals surface area contributed by atoms with Crippen LogP contribution in [0.3, 0.4) is 0 Å². The number of halogens is 4. The SMILES string of the molecule is O=C(C[C@@H]1CCC(=O)N1Cc1cc(F)cc(F)c1F)N[C@@H](CC1CC1)C(=O)OCc1ccc(Cl)cc1. The maximum absolute atomic E-state index is 14.1. The van der Waals surface area contributed by atoms with Crippen LogP contribution in [-0.4, -0.2) is 34.8 Å². The highest BCUT2D eigenvalue weighted by molar-refractivity contribution is 6.30.